The van der Waals surface area contributed by atoms with Gasteiger partial charge in [0, 0.05) is 38.6 Å². The summed E-state index contributed by atoms with van der Waals surface area (Å²) < 4.78 is 15.3. The number of hydrogen-bond acceptors (Lipinski definition) is 4. The molecule has 4 heterocycles. The zero-order chi connectivity index (χ0) is 35.8. The normalized spacial score (nSPS) is 16.4. The molecule has 1 aliphatic carbocycles. The van der Waals surface area contributed by atoms with Crippen LogP contribution in [0.4, 0.5) is 0 Å². The van der Waals surface area contributed by atoms with Crippen LogP contribution < -0.4 is 4.74 Å². The molecular weight excluding hydrogens is 675 g/mol. The quantitative estimate of drug-likeness (QED) is 0.168. The van der Waals surface area contributed by atoms with Crippen LogP contribution in [0.2, 0.25) is 0 Å². The Kier molecular flexibility index (Phi) is 5.68. The Morgan fingerprint density at radius 3 is 2.05 bits per heavy atom. The number of rotatable bonds is 2. The van der Waals surface area contributed by atoms with Crippen LogP contribution in [0, 0.1) is 0 Å². The Labute approximate surface area is 314 Å². The monoisotopic (exact) mass is 703 g/mol. The molecule has 0 radical (unpaired) electrons. The number of para-hydroxylation sites is 1. The van der Waals surface area contributed by atoms with Crippen LogP contribution >= 0.6 is 0 Å². The fourth-order valence-corrected chi connectivity index (χ4v) is 9.57. The summed E-state index contributed by atoms with van der Waals surface area (Å²) in [5.41, 5.74) is 7.03. The molecule has 2 unspecified atom stereocenters. The highest BCUT2D eigenvalue weighted by molar-refractivity contribution is 6.35. The molecular formula is C50H29N3O2. The van der Waals surface area contributed by atoms with Crippen LogP contribution in [-0.4, -0.2) is 20.6 Å². The van der Waals surface area contributed by atoms with Gasteiger partial charge in [-0.2, -0.15) is 0 Å². The molecule has 0 spiro atoms. The highest BCUT2D eigenvalue weighted by atomic mass is 16.5. The second kappa shape index (κ2) is 10.7. The fraction of sp³-hybridized carbons (Fsp3) is 0.0400. The smallest absolute Gasteiger partial charge is 0.247 e. The Morgan fingerprint density at radius 2 is 1.22 bits per heavy atom. The zero-order valence-corrected chi connectivity index (χ0v) is 29.4. The molecule has 1 aliphatic heterocycles. The number of ether oxygens (including phenoxy) is 1. The van der Waals surface area contributed by atoms with Gasteiger partial charge in [-0.3, -0.25) is 4.57 Å². The van der Waals surface area contributed by atoms with E-state index in [1.807, 2.05) is 18.2 Å². The van der Waals surface area contributed by atoms with Gasteiger partial charge in [0.15, 0.2) is 5.82 Å². The van der Waals surface area contributed by atoms with E-state index in [9.17, 15) is 0 Å². The molecule has 2 atom stereocenters. The molecule has 2 aliphatic rings. The van der Waals surface area contributed by atoms with Crippen LogP contribution in [0.1, 0.15) is 11.5 Å². The molecule has 11 aromatic rings. The van der Waals surface area contributed by atoms with E-state index >= 15 is 0 Å². The largest absolute Gasteiger partial charge is 0.485 e. The van der Waals surface area contributed by atoms with Gasteiger partial charge in [-0.25, -0.2) is 9.97 Å². The fourth-order valence-electron chi connectivity index (χ4n) is 9.57. The van der Waals surface area contributed by atoms with Crippen molar-refractivity contribution in [3.8, 4) is 22.8 Å². The number of allylic oxidation sites excluding steroid dienone is 2. The average molecular weight is 704 g/mol. The summed E-state index contributed by atoms with van der Waals surface area (Å²) in [6, 6.07) is 49.9. The van der Waals surface area contributed by atoms with Crippen molar-refractivity contribution in [3.63, 3.8) is 0 Å². The van der Waals surface area contributed by atoms with Gasteiger partial charge in [-0.1, -0.05) is 121 Å². The number of benzene rings is 8. The molecule has 0 amide bonds. The highest BCUT2D eigenvalue weighted by Gasteiger charge is 2.36. The van der Waals surface area contributed by atoms with Crippen molar-refractivity contribution in [2.75, 3.05) is 0 Å². The van der Waals surface area contributed by atoms with Gasteiger partial charge in [0.25, 0.3) is 0 Å². The molecule has 0 saturated heterocycles. The molecule has 0 bridgehead atoms. The van der Waals surface area contributed by atoms with E-state index in [0.717, 1.165) is 55.9 Å². The predicted octanol–water partition coefficient (Wildman–Crippen LogP) is 12.7. The van der Waals surface area contributed by atoms with Crippen molar-refractivity contribution in [3.05, 3.63) is 169 Å². The summed E-state index contributed by atoms with van der Waals surface area (Å²) >= 11 is 0. The summed E-state index contributed by atoms with van der Waals surface area (Å²) in [6.07, 6.45) is 8.49. The third-order valence-electron chi connectivity index (χ3n) is 11.9. The van der Waals surface area contributed by atoms with Crippen LogP contribution in [0.15, 0.2) is 168 Å². The topological polar surface area (TPSA) is 53.1 Å². The van der Waals surface area contributed by atoms with Crippen molar-refractivity contribution in [2.45, 2.75) is 12.0 Å². The SMILES string of the molecule is C1=CC2Oc3cccc(-c4nc5oc6ccccc6c5nc4-n4c5cc6ccccc6cc5c5c6c7ccccc7c7ccccc7c6ccc54)c3C2C=C1. The standard InChI is InChI=1S/C50H29N3O2/c1-2-13-29-27-40-38(26-28(29)12-1)46-39(25-24-34-32-16-4-3-14-30(32)31-15-5-6-17-33(31)45(34)46)53(40)49-47(52-50-48(51-49)36-19-8-10-22-42(36)55-50)37-20-11-23-43-44(37)35-18-7-9-21-41(35)54-43/h1-27,35,41H. The summed E-state index contributed by atoms with van der Waals surface area (Å²) in [5.74, 6) is 1.69. The molecule has 0 saturated carbocycles. The van der Waals surface area contributed by atoms with Gasteiger partial charge in [-0.05, 0) is 80.2 Å². The Bertz CT molecular complexity index is 3510. The summed E-state index contributed by atoms with van der Waals surface area (Å²) in [6.45, 7) is 0. The first-order valence-electron chi connectivity index (χ1n) is 18.8. The first-order valence-corrected chi connectivity index (χ1v) is 18.8. The lowest BCUT2D eigenvalue weighted by Crippen LogP contribution is -2.16. The molecule has 55 heavy (non-hydrogen) atoms. The molecule has 256 valence electrons. The Morgan fingerprint density at radius 1 is 0.527 bits per heavy atom. The van der Waals surface area contributed by atoms with Gasteiger partial charge < -0.3 is 9.15 Å². The van der Waals surface area contributed by atoms with Crippen LogP contribution in [-0.2, 0) is 0 Å². The molecule has 8 aromatic carbocycles. The van der Waals surface area contributed by atoms with E-state index in [0.29, 0.717) is 5.71 Å². The lowest BCUT2D eigenvalue weighted by Gasteiger charge is -2.18. The molecule has 5 heteroatoms. The number of hydrogen-bond donors (Lipinski definition) is 0. The van der Waals surface area contributed by atoms with Gasteiger partial charge in [0.1, 0.15) is 28.6 Å². The second-order valence-electron chi connectivity index (χ2n) is 14.8. The van der Waals surface area contributed by atoms with Gasteiger partial charge in [0.2, 0.25) is 5.71 Å². The first kappa shape index (κ1) is 29.2. The molecule has 3 aromatic heterocycles. The summed E-state index contributed by atoms with van der Waals surface area (Å²) in [7, 11) is 0. The van der Waals surface area contributed by atoms with E-state index < -0.39 is 0 Å². The molecule has 0 fully saturated rings. The third-order valence-corrected chi connectivity index (χ3v) is 11.9. The van der Waals surface area contributed by atoms with Crippen molar-refractivity contribution in [1.82, 2.24) is 14.5 Å². The van der Waals surface area contributed by atoms with E-state index in [4.69, 9.17) is 19.1 Å². The number of fused-ring (bicyclic) bond motifs is 17. The van der Waals surface area contributed by atoms with E-state index in [2.05, 4.69) is 150 Å². The lowest BCUT2D eigenvalue weighted by atomic mass is 9.87. The molecule has 13 rings (SSSR count). The van der Waals surface area contributed by atoms with E-state index in [-0.39, 0.29) is 12.0 Å². The van der Waals surface area contributed by atoms with Gasteiger partial charge >= 0.3 is 0 Å². The van der Waals surface area contributed by atoms with E-state index in [1.165, 1.54) is 53.9 Å². The van der Waals surface area contributed by atoms with Crippen molar-refractivity contribution in [2.24, 2.45) is 0 Å². The lowest BCUT2D eigenvalue weighted by molar-refractivity contribution is 0.269. The van der Waals surface area contributed by atoms with Gasteiger partial charge in [0.05, 0.1) is 11.0 Å². The number of aromatic nitrogens is 3. The maximum atomic E-state index is 6.54. The number of furan rings is 1. The minimum absolute atomic E-state index is 0.0582. The van der Waals surface area contributed by atoms with Crippen LogP contribution in [0.3, 0.4) is 0 Å². The van der Waals surface area contributed by atoms with Crippen LogP contribution in [0.25, 0.3) is 104 Å². The first-order chi connectivity index (χ1) is 27.3. The maximum absolute atomic E-state index is 6.54. The molecule has 0 N–H and O–H groups in total. The minimum atomic E-state index is -0.0680. The van der Waals surface area contributed by atoms with Crippen molar-refractivity contribution >= 4 is 87.1 Å². The third kappa shape index (κ3) is 3.91. The second-order valence-corrected chi connectivity index (χ2v) is 14.8. The minimum Gasteiger partial charge on any atom is -0.485 e. The number of nitrogens with zero attached hydrogens (tertiary/aromatic N) is 3. The van der Waals surface area contributed by atoms with Crippen molar-refractivity contribution in [1.29, 1.82) is 0 Å². The summed E-state index contributed by atoms with van der Waals surface area (Å²) in [5, 5.41) is 13.1. The Balaban J connectivity index is 1.24. The predicted molar refractivity (Wildman–Crippen MR) is 225 cm³/mol. The Hall–Kier alpha value is -7.24. The average Bonchev–Trinajstić information content (AvgIpc) is 3.91. The van der Waals surface area contributed by atoms with Crippen molar-refractivity contribution < 1.29 is 9.15 Å². The van der Waals surface area contributed by atoms with Crippen LogP contribution in [0.5, 0.6) is 5.75 Å². The molecule has 5 nitrogen and oxygen atoms in total. The maximum Gasteiger partial charge on any atom is 0.247 e. The van der Waals surface area contributed by atoms with Gasteiger partial charge in [-0.15, -0.1) is 0 Å². The highest BCUT2D eigenvalue weighted by Crippen LogP contribution is 2.49. The summed E-state index contributed by atoms with van der Waals surface area (Å²) in [4.78, 5) is 11.1. The van der Waals surface area contributed by atoms with E-state index in [1.54, 1.807) is 0 Å². The zero-order valence-electron chi connectivity index (χ0n) is 29.4.